The van der Waals surface area contributed by atoms with Crippen LogP contribution in [0.1, 0.15) is 18.9 Å². The molecule has 0 radical (unpaired) electrons. The third-order valence-corrected chi connectivity index (χ3v) is 3.04. The van der Waals surface area contributed by atoms with Crippen LogP contribution in [0.5, 0.6) is 5.75 Å². The minimum Gasteiger partial charge on any atom is -0.478 e. The molecule has 1 aromatic carbocycles. The number of anilines is 1. The van der Waals surface area contributed by atoms with Gasteiger partial charge in [0, 0.05) is 13.1 Å². The Bertz CT molecular complexity index is 471. The van der Waals surface area contributed by atoms with Crippen molar-refractivity contribution in [1.29, 1.82) is 0 Å². The zero-order chi connectivity index (χ0) is 13.1. The Balaban J connectivity index is 2.45. The summed E-state index contributed by atoms with van der Waals surface area (Å²) in [6.45, 7) is 6.57. The van der Waals surface area contributed by atoms with Crippen molar-refractivity contribution in [3.05, 3.63) is 36.4 Å². The van der Waals surface area contributed by atoms with Gasteiger partial charge in [0.05, 0.1) is 5.69 Å². The third kappa shape index (κ3) is 2.11. The van der Waals surface area contributed by atoms with E-state index in [-0.39, 0.29) is 5.91 Å². The van der Waals surface area contributed by atoms with Gasteiger partial charge in [0.15, 0.2) is 6.10 Å². The van der Waals surface area contributed by atoms with Gasteiger partial charge >= 0.3 is 0 Å². The molecule has 18 heavy (non-hydrogen) atoms. The number of nitrogens with two attached hydrogens (primary N) is 1. The summed E-state index contributed by atoms with van der Waals surface area (Å²) in [7, 11) is 0. The number of hydrogen-bond donors (Lipinski definition) is 1. The molecule has 2 rings (SSSR count). The number of ether oxygens (including phenoxy) is 1. The van der Waals surface area contributed by atoms with Crippen LogP contribution in [0.4, 0.5) is 5.69 Å². The Labute approximate surface area is 107 Å². The molecule has 0 fully saturated rings. The highest BCUT2D eigenvalue weighted by atomic mass is 16.5. The second kappa shape index (κ2) is 5.23. The van der Waals surface area contributed by atoms with E-state index < -0.39 is 6.10 Å². The molecule has 0 saturated heterocycles. The summed E-state index contributed by atoms with van der Waals surface area (Å²) in [6, 6.07) is 5.71. The Morgan fingerprint density at radius 3 is 2.94 bits per heavy atom. The molecule has 1 aromatic rings. The zero-order valence-corrected chi connectivity index (χ0v) is 10.6. The standard InChI is InChI=1S/C14H18N2O2/c1-3-7-16-11-8-10(9-15)5-6-13(11)18-12(4-2)14(16)17/h3,5-6,8,12H,1,4,7,9,15H2,2H3. The molecule has 1 heterocycles. The first-order valence-corrected chi connectivity index (χ1v) is 6.13. The average Bonchev–Trinajstić information content (AvgIpc) is 2.41. The summed E-state index contributed by atoms with van der Waals surface area (Å²) in [5.74, 6) is 0.722. The fourth-order valence-corrected chi connectivity index (χ4v) is 2.07. The maximum atomic E-state index is 12.2. The molecule has 4 heteroatoms. The van der Waals surface area contributed by atoms with Crippen LogP contribution in [0.3, 0.4) is 0 Å². The Hall–Kier alpha value is -1.81. The van der Waals surface area contributed by atoms with Gasteiger partial charge in [-0.15, -0.1) is 6.58 Å². The van der Waals surface area contributed by atoms with Crippen molar-refractivity contribution in [3.8, 4) is 5.75 Å². The second-order valence-electron chi connectivity index (χ2n) is 4.26. The predicted molar refractivity (Wildman–Crippen MR) is 71.6 cm³/mol. The molecule has 96 valence electrons. The van der Waals surface area contributed by atoms with E-state index in [9.17, 15) is 4.79 Å². The van der Waals surface area contributed by atoms with Gasteiger partial charge in [-0.3, -0.25) is 4.79 Å². The van der Waals surface area contributed by atoms with Crippen molar-refractivity contribution in [2.45, 2.75) is 26.0 Å². The van der Waals surface area contributed by atoms with E-state index in [0.717, 1.165) is 17.0 Å². The van der Waals surface area contributed by atoms with Crippen molar-refractivity contribution in [1.82, 2.24) is 0 Å². The number of hydrogen-bond acceptors (Lipinski definition) is 3. The Kier molecular flexibility index (Phi) is 3.67. The van der Waals surface area contributed by atoms with E-state index in [0.29, 0.717) is 19.5 Å². The van der Waals surface area contributed by atoms with E-state index in [1.807, 2.05) is 25.1 Å². The summed E-state index contributed by atoms with van der Waals surface area (Å²) < 4.78 is 5.70. The van der Waals surface area contributed by atoms with Crippen LogP contribution in [-0.2, 0) is 11.3 Å². The van der Waals surface area contributed by atoms with Crippen LogP contribution in [0.25, 0.3) is 0 Å². The van der Waals surface area contributed by atoms with Crippen molar-refractivity contribution < 1.29 is 9.53 Å². The van der Waals surface area contributed by atoms with Crippen LogP contribution in [0, 0.1) is 0 Å². The van der Waals surface area contributed by atoms with Crippen LogP contribution in [0.15, 0.2) is 30.9 Å². The SMILES string of the molecule is C=CCN1C(=O)C(CC)Oc2ccc(CN)cc21. The van der Waals surface area contributed by atoms with Crippen molar-refractivity contribution in [3.63, 3.8) is 0 Å². The van der Waals surface area contributed by atoms with Crippen molar-refractivity contribution >= 4 is 11.6 Å². The smallest absolute Gasteiger partial charge is 0.268 e. The lowest BCUT2D eigenvalue weighted by atomic mass is 10.1. The number of carbonyl (C=O) groups is 1. The molecule has 2 N–H and O–H groups in total. The normalized spacial score (nSPS) is 18.2. The van der Waals surface area contributed by atoms with E-state index >= 15 is 0 Å². The first kappa shape index (κ1) is 12.6. The lowest BCUT2D eigenvalue weighted by Crippen LogP contribution is -2.45. The average molecular weight is 246 g/mol. The van der Waals surface area contributed by atoms with Crippen LogP contribution >= 0.6 is 0 Å². The highest BCUT2D eigenvalue weighted by Gasteiger charge is 2.32. The monoisotopic (exact) mass is 246 g/mol. The molecule has 1 unspecified atom stereocenters. The van der Waals surface area contributed by atoms with Crippen LogP contribution < -0.4 is 15.4 Å². The molecule has 0 aromatic heterocycles. The number of benzene rings is 1. The van der Waals surface area contributed by atoms with Crippen LogP contribution in [0.2, 0.25) is 0 Å². The maximum Gasteiger partial charge on any atom is 0.268 e. The molecule has 1 amide bonds. The molecule has 0 spiro atoms. The van der Waals surface area contributed by atoms with Gasteiger partial charge in [-0.05, 0) is 24.1 Å². The van der Waals surface area contributed by atoms with Crippen molar-refractivity contribution in [2.75, 3.05) is 11.4 Å². The van der Waals surface area contributed by atoms with Gasteiger partial charge in [-0.2, -0.15) is 0 Å². The molecule has 1 aliphatic heterocycles. The highest BCUT2D eigenvalue weighted by molar-refractivity contribution is 6.00. The van der Waals surface area contributed by atoms with Crippen molar-refractivity contribution in [2.24, 2.45) is 5.73 Å². The number of rotatable bonds is 4. The molecular formula is C14H18N2O2. The fraction of sp³-hybridized carbons (Fsp3) is 0.357. The lowest BCUT2D eigenvalue weighted by Gasteiger charge is -2.33. The van der Waals surface area contributed by atoms with Crippen LogP contribution in [-0.4, -0.2) is 18.6 Å². The molecule has 1 aliphatic rings. The van der Waals surface area contributed by atoms with E-state index in [4.69, 9.17) is 10.5 Å². The van der Waals surface area contributed by atoms with E-state index in [1.165, 1.54) is 0 Å². The van der Waals surface area contributed by atoms with Gasteiger partial charge in [0.1, 0.15) is 5.75 Å². The number of nitrogens with zero attached hydrogens (tertiary/aromatic N) is 1. The van der Waals surface area contributed by atoms with Gasteiger partial charge in [0.25, 0.3) is 5.91 Å². The number of amides is 1. The topological polar surface area (TPSA) is 55.6 Å². The minimum atomic E-state index is -0.402. The summed E-state index contributed by atoms with van der Waals surface area (Å²) in [5.41, 5.74) is 7.39. The molecular weight excluding hydrogens is 228 g/mol. The quantitative estimate of drug-likeness (QED) is 0.825. The van der Waals surface area contributed by atoms with Gasteiger partial charge in [-0.1, -0.05) is 19.1 Å². The summed E-state index contributed by atoms with van der Waals surface area (Å²) >= 11 is 0. The Morgan fingerprint density at radius 1 is 1.56 bits per heavy atom. The minimum absolute atomic E-state index is 0.0147. The predicted octanol–water partition coefficient (Wildman–Crippen LogP) is 1.84. The van der Waals surface area contributed by atoms with E-state index in [1.54, 1.807) is 11.0 Å². The molecule has 4 nitrogen and oxygen atoms in total. The number of fused-ring (bicyclic) bond motifs is 1. The molecule has 0 bridgehead atoms. The number of carbonyl (C=O) groups excluding carboxylic acids is 1. The third-order valence-electron chi connectivity index (χ3n) is 3.04. The maximum absolute atomic E-state index is 12.2. The highest BCUT2D eigenvalue weighted by Crippen LogP contribution is 2.35. The summed E-state index contributed by atoms with van der Waals surface area (Å²) in [4.78, 5) is 13.9. The molecule has 0 aliphatic carbocycles. The summed E-state index contributed by atoms with van der Waals surface area (Å²) in [6.07, 6.45) is 1.97. The zero-order valence-electron chi connectivity index (χ0n) is 10.6. The second-order valence-corrected chi connectivity index (χ2v) is 4.26. The van der Waals surface area contributed by atoms with Gasteiger partial charge in [0.2, 0.25) is 0 Å². The first-order chi connectivity index (χ1) is 8.71. The first-order valence-electron chi connectivity index (χ1n) is 6.13. The lowest BCUT2D eigenvalue weighted by molar-refractivity contribution is -0.126. The van der Waals surface area contributed by atoms with Gasteiger partial charge in [-0.25, -0.2) is 0 Å². The summed E-state index contributed by atoms with van der Waals surface area (Å²) in [5, 5.41) is 0. The fourth-order valence-electron chi connectivity index (χ4n) is 2.07. The largest absolute Gasteiger partial charge is 0.478 e. The molecule has 1 atom stereocenters. The Morgan fingerprint density at radius 2 is 2.33 bits per heavy atom. The van der Waals surface area contributed by atoms with Gasteiger partial charge < -0.3 is 15.4 Å². The van der Waals surface area contributed by atoms with E-state index in [2.05, 4.69) is 6.58 Å². The molecule has 0 saturated carbocycles.